The summed E-state index contributed by atoms with van der Waals surface area (Å²) >= 11 is 0. The second-order valence-corrected chi connectivity index (χ2v) is 8.26. The third kappa shape index (κ3) is 6.55. The second-order valence-electron chi connectivity index (χ2n) is 5.78. The van der Waals surface area contributed by atoms with Gasteiger partial charge in [0.15, 0.2) is 0 Å². The van der Waals surface area contributed by atoms with Crippen molar-refractivity contribution < 1.29 is 13.2 Å². The smallest absolute Gasteiger partial charge is 0.150 e. The van der Waals surface area contributed by atoms with Crippen molar-refractivity contribution in [2.45, 2.75) is 65.0 Å². The minimum Gasteiger partial charge on any atom is -0.378 e. The monoisotopic (exact) mass is 305 g/mol. The summed E-state index contributed by atoms with van der Waals surface area (Å²) in [4.78, 5) is 0. The van der Waals surface area contributed by atoms with Gasteiger partial charge in [-0.15, -0.1) is 0 Å². The Morgan fingerprint density at radius 1 is 1.25 bits per heavy atom. The Bertz CT molecular complexity index is 350. The van der Waals surface area contributed by atoms with Crippen LogP contribution in [0.3, 0.4) is 0 Å². The van der Waals surface area contributed by atoms with E-state index in [9.17, 15) is 8.42 Å². The van der Waals surface area contributed by atoms with Crippen molar-refractivity contribution in [1.29, 1.82) is 0 Å². The average Bonchev–Trinajstić information content (AvgIpc) is 2.36. The molecule has 1 fully saturated rings. The van der Waals surface area contributed by atoms with Crippen LogP contribution in [0.15, 0.2) is 0 Å². The molecule has 0 spiro atoms. The van der Waals surface area contributed by atoms with Gasteiger partial charge in [0.25, 0.3) is 0 Å². The molecule has 0 aromatic carbocycles. The van der Waals surface area contributed by atoms with E-state index < -0.39 is 9.84 Å². The zero-order chi connectivity index (χ0) is 15.0. The minimum absolute atomic E-state index is 0.261. The van der Waals surface area contributed by atoms with Gasteiger partial charge in [-0.2, -0.15) is 0 Å². The van der Waals surface area contributed by atoms with Gasteiger partial charge in [-0.3, -0.25) is 0 Å². The Morgan fingerprint density at radius 3 is 2.50 bits per heavy atom. The third-order valence-electron chi connectivity index (χ3n) is 4.15. The van der Waals surface area contributed by atoms with Gasteiger partial charge in [0.1, 0.15) is 9.84 Å². The summed E-state index contributed by atoms with van der Waals surface area (Å²) in [6.07, 6.45) is 5.70. The zero-order valence-corrected chi connectivity index (χ0v) is 14.0. The standard InChI is InChI=1S/C15H31NO3S/c1-4-16-14(8-7-9-20(17,18)6-3)10-13-11-15(12-13)19-5-2/h13-16H,4-12H2,1-3H3. The van der Waals surface area contributed by atoms with E-state index in [1.165, 1.54) is 12.8 Å². The first kappa shape index (κ1) is 17.9. The molecule has 1 saturated carbocycles. The Balaban J connectivity index is 2.24. The highest BCUT2D eigenvalue weighted by molar-refractivity contribution is 7.91. The molecule has 0 aliphatic heterocycles. The number of ether oxygens (including phenoxy) is 1. The van der Waals surface area contributed by atoms with E-state index in [0.717, 1.165) is 38.3 Å². The van der Waals surface area contributed by atoms with Gasteiger partial charge in [0.2, 0.25) is 0 Å². The molecular weight excluding hydrogens is 274 g/mol. The summed E-state index contributed by atoms with van der Waals surface area (Å²) in [5.74, 6) is 1.34. The lowest BCUT2D eigenvalue weighted by atomic mass is 9.77. The Labute approximate surface area is 124 Å². The van der Waals surface area contributed by atoms with E-state index in [2.05, 4.69) is 12.2 Å². The Hall–Kier alpha value is -0.130. The molecule has 1 N–H and O–H groups in total. The van der Waals surface area contributed by atoms with E-state index in [-0.39, 0.29) is 5.75 Å². The molecule has 0 radical (unpaired) electrons. The SMILES string of the molecule is CCNC(CCCS(=O)(=O)CC)CC1CC(OCC)C1. The minimum atomic E-state index is -2.81. The normalized spacial score (nSPS) is 24.4. The van der Waals surface area contributed by atoms with Gasteiger partial charge in [-0.05, 0) is 51.5 Å². The van der Waals surface area contributed by atoms with Crippen molar-refractivity contribution in [3.63, 3.8) is 0 Å². The van der Waals surface area contributed by atoms with E-state index in [1.807, 2.05) is 6.92 Å². The molecule has 4 nitrogen and oxygen atoms in total. The molecule has 1 aliphatic rings. The van der Waals surface area contributed by atoms with Crippen LogP contribution in [0.5, 0.6) is 0 Å². The Kier molecular flexibility index (Phi) is 8.07. The van der Waals surface area contributed by atoms with E-state index >= 15 is 0 Å². The zero-order valence-electron chi connectivity index (χ0n) is 13.2. The van der Waals surface area contributed by atoms with Crippen LogP contribution in [0.2, 0.25) is 0 Å². The number of sulfone groups is 1. The van der Waals surface area contributed by atoms with Gasteiger partial charge >= 0.3 is 0 Å². The van der Waals surface area contributed by atoms with Crippen LogP contribution >= 0.6 is 0 Å². The van der Waals surface area contributed by atoms with Gasteiger partial charge in [-0.1, -0.05) is 13.8 Å². The van der Waals surface area contributed by atoms with Crippen LogP contribution in [-0.4, -0.2) is 45.2 Å². The predicted octanol–water partition coefficient (Wildman–Crippen LogP) is 2.38. The van der Waals surface area contributed by atoms with Crippen molar-refractivity contribution in [1.82, 2.24) is 5.32 Å². The summed E-state index contributed by atoms with van der Waals surface area (Å²) in [7, 11) is -2.81. The first-order valence-electron chi connectivity index (χ1n) is 8.06. The average molecular weight is 305 g/mol. The molecule has 120 valence electrons. The third-order valence-corrected chi connectivity index (χ3v) is 5.94. The highest BCUT2D eigenvalue weighted by atomic mass is 32.2. The Morgan fingerprint density at radius 2 is 1.95 bits per heavy atom. The number of hydrogen-bond donors (Lipinski definition) is 1. The maximum atomic E-state index is 11.5. The van der Waals surface area contributed by atoms with E-state index in [4.69, 9.17) is 4.74 Å². The lowest BCUT2D eigenvalue weighted by Gasteiger charge is -2.37. The first-order chi connectivity index (χ1) is 9.50. The summed E-state index contributed by atoms with van der Waals surface area (Å²) < 4.78 is 28.6. The summed E-state index contributed by atoms with van der Waals surface area (Å²) in [5, 5.41) is 3.50. The fourth-order valence-corrected chi connectivity index (χ4v) is 3.82. The lowest BCUT2D eigenvalue weighted by molar-refractivity contribution is -0.0292. The van der Waals surface area contributed by atoms with Crippen LogP contribution in [0.25, 0.3) is 0 Å². The van der Waals surface area contributed by atoms with Crippen LogP contribution < -0.4 is 5.32 Å². The van der Waals surface area contributed by atoms with Gasteiger partial charge in [-0.25, -0.2) is 8.42 Å². The maximum absolute atomic E-state index is 11.5. The van der Waals surface area contributed by atoms with E-state index in [1.54, 1.807) is 6.92 Å². The van der Waals surface area contributed by atoms with Crippen molar-refractivity contribution >= 4 is 9.84 Å². The molecule has 20 heavy (non-hydrogen) atoms. The summed E-state index contributed by atoms with van der Waals surface area (Å²) in [6, 6.07) is 0.458. The molecule has 5 heteroatoms. The molecule has 1 rings (SSSR count). The maximum Gasteiger partial charge on any atom is 0.150 e. The largest absolute Gasteiger partial charge is 0.378 e. The van der Waals surface area contributed by atoms with Crippen molar-refractivity contribution in [3.05, 3.63) is 0 Å². The number of nitrogens with one attached hydrogen (secondary N) is 1. The first-order valence-corrected chi connectivity index (χ1v) is 9.88. The van der Waals surface area contributed by atoms with Crippen molar-refractivity contribution in [2.75, 3.05) is 24.7 Å². The van der Waals surface area contributed by atoms with Crippen molar-refractivity contribution in [2.24, 2.45) is 5.92 Å². The van der Waals surface area contributed by atoms with Gasteiger partial charge in [0, 0.05) is 18.4 Å². The molecule has 1 atom stereocenters. The molecule has 0 aromatic heterocycles. The van der Waals surface area contributed by atoms with Gasteiger partial charge < -0.3 is 10.1 Å². The molecule has 1 unspecified atom stereocenters. The highest BCUT2D eigenvalue weighted by Gasteiger charge is 2.31. The number of hydrogen-bond acceptors (Lipinski definition) is 4. The lowest BCUT2D eigenvalue weighted by Crippen LogP contribution is -2.38. The molecule has 1 aliphatic carbocycles. The molecular formula is C15H31NO3S. The molecule has 0 aromatic rings. The summed E-state index contributed by atoms with van der Waals surface area (Å²) in [5.41, 5.74) is 0. The quantitative estimate of drug-likeness (QED) is 0.637. The molecule has 0 heterocycles. The second kappa shape index (κ2) is 9.00. The van der Waals surface area contributed by atoms with Crippen LogP contribution in [0.4, 0.5) is 0 Å². The summed E-state index contributed by atoms with van der Waals surface area (Å²) in [6.45, 7) is 7.64. The van der Waals surface area contributed by atoms with Crippen molar-refractivity contribution in [3.8, 4) is 0 Å². The molecule has 0 saturated heterocycles. The van der Waals surface area contributed by atoms with E-state index in [0.29, 0.717) is 17.9 Å². The van der Waals surface area contributed by atoms with Crippen LogP contribution in [-0.2, 0) is 14.6 Å². The number of rotatable bonds is 11. The molecule has 0 bridgehead atoms. The predicted molar refractivity (Wildman–Crippen MR) is 83.8 cm³/mol. The van der Waals surface area contributed by atoms with Gasteiger partial charge in [0.05, 0.1) is 11.9 Å². The van der Waals surface area contributed by atoms with Crippen LogP contribution in [0, 0.1) is 5.92 Å². The fraction of sp³-hybridized carbons (Fsp3) is 1.00. The highest BCUT2D eigenvalue weighted by Crippen LogP contribution is 2.34. The topological polar surface area (TPSA) is 55.4 Å². The fourth-order valence-electron chi connectivity index (χ4n) is 2.93. The van der Waals surface area contributed by atoms with Crippen LogP contribution in [0.1, 0.15) is 52.9 Å². The molecule has 0 amide bonds.